The normalized spacial score (nSPS) is 16.4. The molecule has 0 saturated carbocycles. The first kappa shape index (κ1) is 26.9. The Morgan fingerprint density at radius 3 is 2.49 bits per heavy atom. The van der Waals surface area contributed by atoms with E-state index in [0.717, 1.165) is 37.3 Å². The summed E-state index contributed by atoms with van der Waals surface area (Å²) in [6, 6.07) is 14.6. The molecule has 39 heavy (non-hydrogen) atoms. The van der Waals surface area contributed by atoms with Crippen LogP contribution in [0.15, 0.2) is 64.0 Å². The van der Waals surface area contributed by atoms with Gasteiger partial charge in [0.1, 0.15) is 0 Å². The van der Waals surface area contributed by atoms with E-state index in [0.29, 0.717) is 23.2 Å². The molecule has 0 spiro atoms. The fourth-order valence-electron chi connectivity index (χ4n) is 4.24. The first-order valence-electron chi connectivity index (χ1n) is 12.7. The van der Waals surface area contributed by atoms with Crippen molar-refractivity contribution in [1.82, 2.24) is 25.5 Å². The number of nitrogens with two attached hydrogens (primary N) is 1. The molecule has 1 fully saturated rings. The highest BCUT2D eigenvalue weighted by Crippen LogP contribution is 2.29. The summed E-state index contributed by atoms with van der Waals surface area (Å²) in [6.45, 7) is 3.67. The third-order valence-corrected chi connectivity index (χ3v) is 8.92. The molecule has 4 aromatic rings. The van der Waals surface area contributed by atoms with Crippen LogP contribution in [0.1, 0.15) is 25.3 Å². The maximum absolute atomic E-state index is 12.7. The standard InChI is InChI=1S/C27H30N6O5S/c1-17(10-12-34)39(35,36)22-8-6-19(7-9-22)23-15-30-25(28)24(31-23)27-33-32-26(38-27)20-4-2-18(3-5-20)14-29-21-11-13-37-16-21/h2-9,15,17,21,29,34H,10-14,16H2,1H3,(H2,28,30). The molecule has 0 bridgehead atoms. The first-order chi connectivity index (χ1) is 18.8. The summed E-state index contributed by atoms with van der Waals surface area (Å²) >= 11 is 0. The lowest BCUT2D eigenvalue weighted by Gasteiger charge is -2.12. The summed E-state index contributed by atoms with van der Waals surface area (Å²) in [5.74, 6) is 0.580. The van der Waals surface area contributed by atoms with Crippen molar-refractivity contribution in [3.8, 4) is 34.3 Å². The van der Waals surface area contributed by atoms with Crippen LogP contribution in [0.3, 0.4) is 0 Å². The number of sulfone groups is 1. The smallest absolute Gasteiger partial charge is 0.270 e. The zero-order chi connectivity index (χ0) is 27.4. The number of ether oxygens (including phenoxy) is 1. The summed E-state index contributed by atoms with van der Waals surface area (Å²) in [5.41, 5.74) is 9.32. The molecule has 0 amide bonds. The van der Waals surface area contributed by atoms with E-state index in [9.17, 15) is 8.42 Å². The zero-order valence-electron chi connectivity index (χ0n) is 21.4. The number of nitrogen functional groups attached to an aromatic ring is 1. The van der Waals surface area contributed by atoms with Gasteiger partial charge in [-0.2, -0.15) is 0 Å². The number of nitrogens with zero attached hydrogens (tertiary/aromatic N) is 4. The van der Waals surface area contributed by atoms with Gasteiger partial charge in [0.05, 0.1) is 28.6 Å². The third kappa shape index (κ3) is 5.98. The Balaban J connectivity index is 1.32. The first-order valence-corrected chi connectivity index (χ1v) is 14.2. The lowest BCUT2D eigenvalue weighted by atomic mass is 10.1. The summed E-state index contributed by atoms with van der Waals surface area (Å²) in [6.07, 6.45) is 2.69. The highest BCUT2D eigenvalue weighted by Gasteiger charge is 2.23. The van der Waals surface area contributed by atoms with Crippen molar-refractivity contribution < 1.29 is 22.7 Å². The number of aliphatic hydroxyl groups excluding tert-OH is 1. The summed E-state index contributed by atoms with van der Waals surface area (Å²) in [5, 5.41) is 20.2. The minimum atomic E-state index is -3.55. The number of hydrogen-bond acceptors (Lipinski definition) is 11. The number of benzene rings is 2. The lowest BCUT2D eigenvalue weighted by molar-refractivity contribution is 0.190. The molecule has 0 aliphatic carbocycles. The lowest BCUT2D eigenvalue weighted by Crippen LogP contribution is -2.28. The van der Waals surface area contributed by atoms with Crippen LogP contribution >= 0.6 is 0 Å². The largest absolute Gasteiger partial charge is 0.414 e. The Kier molecular flexibility index (Phi) is 7.98. The molecule has 204 valence electrons. The Labute approximate surface area is 226 Å². The quantitative estimate of drug-likeness (QED) is 0.266. The average Bonchev–Trinajstić information content (AvgIpc) is 3.66. The van der Waals surface area contributed by atoms with E-state index < -0.39 is 15.1 Å². The van der Waals surface area contributed by atoms with Gasteiger partial charge in [-0.3, -0.25) is 0 Å². The van der Waals surface area contributed by atoms with Crippen molar-refractivity contribution in [2.45, 2.75) is 42.5 Å². The topological polar surface area (TPSA) is 166 Å². The van der Waals surface area contributed by atoms with Gasteiger partial charge in [0.15, 0.2) is 21.3 Å². The van der Waals surface area contributed by atoms with Gasteiger partial charge < -0.3 is 25.3 Å². The van der Waals surface area contributed by atoms with Crippen LogP contribution in [0.4, 0.5) is 5.82 Å². The Morgan fingerprint density at radius 1 is 1.08 bits per heavy atom. The molecule has 2 unspecified atom stereocenters. The number of nitrogens with one attached hydrogen (secondary N) is 1. The molecule has 2 aromatic carbocycles. The van der Waals surface area contributed by atoms with Gasteiger partial charge in [-0.05, 0) is 49.6 Å². The maximum Gasteiger partial charge on any atom is 0.270 e. The second kappa shape index (κ2) is 11.6. The molecule has 1 aliphatic rings. The number of rotatable bonds is 10. The van der Waals surface area contributed by atoms with Crippen LogP contribution in [0.25, 0.3) is 34.3 Å². The highest BCUT2D eigenvalue weighted by molar-refractivity contribution is 7.92. The Bertz CT molecular complexity index is 1520. The molecule has 1 aliphatic heterocycles. The van der Waals surface area contributed by atoms with Crippen molar-refractivity contribution in [2.24, 2.45) is 0 Å². The molecule has 11 nitrogen and oxygen atoms in total. The molecule has 4 N–H and O–H groups in total. The van der Waals surface area contributed by atoms with E-state index in [1.54, 1.807) is 19.1 Å². The summed E-state index contributed by atoms with van der Waals surface area (Å²) in [4.78, 5) is 8.97. The summed E-state index contributed by atoms with van der Waals surface area (Å²) < 4.78 is 36.7. The van der Waals surface area contributed by atoms with Crippen LogP contribution < -0.4 is 11.1 Å². The van der Waals surface area contributed by atoms with Crippen molar-refractivity contribution in [3.05, 3.63) is 60.3 Å². The fraction of sp³-hybridized carbons (Fsp3) is 0.333. The fourth-order valence-corrected chi connectivity index (χ4v) is 5.63. The SMILES string of the molecule is CC(CCO)S(=O)(=O)c1ccc(-c2cnc(N)c(-c3nnc(-c4ccc(CNC5CCOC5)cc4)o3)n2)cc1. The van der Waals surface area contributed by atoms with Gasteiger partial charge in [-0.1, -0.05) is 24.3 Å². The molecule has 0 radical (unpaired) electrons. The molecule has 3 heterocycles. The highest BCUT2D eigenvalue weighted by atomic mass is 32.2. The van der Waals surface area contributed by atoms with Gasteiger partial charge in [0, 0.05) is 36.9 Å². The minimum Gasteiger partial charge on any atom is -0.414 e. The van der Waals surface area contributed by atoms with Crippen LogP contribution in [0.5, 0.6) is 0 Å². The van der Waals surface area contributed by atoms with Gasteiger partial charge in [-0.25, -0.2) is 18.4 Å². The maximum atomic E-state index is 12.7. The number of anilines is 1. The predicted molar refractivity (Wildman–Crippen MR) is 145 cm³/mol. The van der Waals surface area contributed by atoms with Crippen LogP contribution in [0, 0.1) is 0 Å². The molecular weight excluding hydrogens is 520 g/mol. The zero-order valence-corrected chi connectivity index (χ0v) is 22.3. The molecule has 5 rings (SSSR count). The number of aromatic nitrogens is 4. The second-order valence-corrected chi connectivity index (χ2v) is 11.8. The van der Waals surface area contributed by atoms with Gasteiger partial charge in [0.2, 0.25) is 5.89 Å². The minimum absolute atomic E-state index is 0.126. The van der Waals surface area contributed by atoms with Crippen LogP contribution in [0.2, 0.25) is 0 Å². The van der Waals surface area contributed by atoms with Crippen molar-refractivity contribution in [3.63, 3.8) is 0 Å². The molecule has 12 heteroatoms. The van der Waals surface area contributed by atoms with E-state index in [4.69, 9.17) is 20.0 Å². The monoisotopic (exact) mass is 550 g/mol. The third-order valence-electron chi connectivity index (χ3n) is 6.70. The van der Waals surface area contributed by atoms with E-state index in [1.807, 2.05) is 24.3 Å². The molecular formula is C27H30N6O5S. The molecule has 1 saturated heterocycles. The molecule has 2 aromatic heterocycles. The molecule has 2 atom stereocenters. The van der Waals surface area contributed by atoms with E-state index >= 15 is 0 Å². The van der Waals surface area contributed by atoms with Gasteiger partial charge >= 0.3 is 0 Å². The van der Waals surface area contributed by atoms with Crippen LogP contribution in [-0.2, 0) is 21.1 Å². The van der Waals surface area contributed by atoms with Crippen LogP contribution in [-0.4, -0.2) is 64.8 Å². The van der Waals surface area contributed by atoms with Crippen molar-refractivity contribution >= 4 is 15.7 Å². The van der Waals surface area contributed by atoms with E-state index in [1.165, 1.54) is 18.3 Å². The van der Waals surface area contributed by atoms with E-state index in [2.05, 4.69) is 25.5 Å². The summed E-state index contributed by atoms with van der Waals surface area (Å²) in [7, 11) is -3.55. The van der Waals surface area contributed by atoms with Gasteiger partial charge in [0.25, 0.3) is 5.89 Å². The van der Waals surface area contributed by atoms with Crippen molar-refractivity contribution in [1.29, 1.82) is 0 Å². The predicted octanol–water partition coefficient (Wildman–Crippen LogP) is 2.87. The van der Waals surface area contributed by atoms with Crippen molar-refractivity contribution in [2.75, 3.05) is 25.6 Å². The number of hydrogen-bond donors (Lipinski definition) is 3. The Hall–Kier alpha value is -3.71. The second-order valence-electron chi connectivity index (χ2n) is 9.43. The van der Waals surface area contributed by atoms with Gasteiger partial charge in [-0.15, -0.1) is 10.2 Å². The Morgan fingerprint density at radius 2 is 1.79 bits per heavy atom. The van der Waals surface area contributed by atoms with E-state index in [-0.39, 0.29) is 35.3 Å². The number of aliphatic hydroxyl groups is 1. The average molecular weight is 551 g/mol.